The summed E-state index contributed by atoms with van der Waals surface area (Å²) in [5.74, 6) is 0. The number of nitrogens with zero attached hydrogens (tertiary/aromatic N) is 1. The van der Waals surface area contributed by atoms with E-state index in [2.05, 4.69) is 62.5 Å². The lowest BCUT2D eigenvalue weighted by Crippen LogP contribution is -2.47. The molecule has 21 heavy (non-hydrogen) atoms. The third-order valence-electron chi connectivity index (χ3n) is 4.36. The highest BCUT2D eigenvalue weighted by molar-refractivity contribution is 9.10. The van der Waals surface area contributed by atoms with E-state index in [9.17, 15) is 5.11 Å². The fraction of sp³-hybridized carbons (Fsp3) is 0.688. The minimum Gasteiger partial charge on any atom is -0.412 e. The first-order valence-corrected chi connectivity index (χ1v) is 10.6. The van der Waals surface area contributed by atoms with Crippen molar-refractivity contribution >= 4 is 24.2 Å². The Morgan fingerprint density at radius 3 is 2.10 bits per heavy atom. The molecule has 1 aromatic heterocycles. The second kappa shape index (κ2) is 7.86. The van der Waals surface area contributed by atoms with Gasteiger partial charge in [0.1, 0.15) is 0 Å². The van der Waals surface area contributed by atoms with E-state index < -0.39 is 8.32 Å². The lowest BCUT2D eigenvalue weighted by Gasteiger charge is -2.42. The molecule has 0 atom stereocenters. The fourth-order valence-electron chi connectivity index (χ4n) is 3.48. The molecule has 0 unspecified atom stereocenters. The number of hydrogen-bond donors (Lipinski definition) is 1. The van der Waals surface area contributed by atoms with Crippen molar-refractivity contribution in [2.45, 2.75) is 71.4 Å². The van der Waals surface area contributed by atoms with E-state index in [-0.39, 0.29) is 6.61 Å². The minimum atomic E-state index is -1.89. The molecule has 1 N–H and O–H groups in total. The molecule has 1 aromatic rings. The van der Waals surface area contributed by atoms with Crippen molar-refractivity contribution in [1.29, 1.82) is 0 Å². The topological polar surface area (TPSA) is 42.4 Å². The number of aromatic nitrogens is 1. The molecular formula is C16H28BrNO2Si. The molecule has 0 aliphatic rings. The average Bonchev–Trinajstić information content (AvgIpc) is 2.38. The lowest BCUT2D eigenvalue weighted by molar-refractivity contribution is 0.249. The maximum atomic E-state index is 9.44. The van der Waals surface area contributed by atoms with Crippen molar-refractivity contribution in [1.82, 2.24) is 4.98 Å². The molecule has 0 aliphatic heterocycles. The highest BCUT2D eigenvalue weighted by Crippen LogP contribution is 2.42. The summed E-state index contributed by atoms with van der Waals surface area (Å²) in [5, 5.41) is 9.44. The Balaban J connectivity index is 3.05. The van der Waals surface area contributed by atoms with E-state index in [1.807, 2.05) is 6.07 Å². The van der Waals surface area contributed by atoms with Crippen LogP contribution in [0.2, 0.25) is 16.6 Å². The standard InChI is InChI=1S/C16H28BrNO2Si/c1-11(2)21(12(3)4,13(5)6)20-10-14-7-15(17)8-18-16(14)9-19/h7-8,11-13,19H,9-10H2,1-6H3. The molecule has 0 bridgehead atoms. The van der Waals surface area contributed by atoms with Crippen molar-refractivity contribution in [2.24, 2.45) is 0 Å². The van der Waals surface area contributed by atoms with E-state index in [1.54, 1.807) is 6.20 Å². The zero-order valence-corrected chi connectivity index (χ0v) is 16.6. The van der Waals surface area contributed by atoms with Crippen LogP contribution in [0.4, 0.5) is 0 Å². The van der Waals surface area contributed by atoms with E-state index in [4.69, 9.17) is 4.43 Å². The smallest absolute Gasteiger partial charge is 0.200 e. The first-order valence-electron chi connectivity index (χ1n) is 7.63. The summed E-state index contributed by atoms with van der Waals surface area (Å²) in [6.45, 7) is 14.1. The van der Waals surface area contributed by atoms with Crippen LogP contribution < -0.4 is 0 Å². The first-order chi connectivity index (χ1) is 9.75. The molecule has 0 fully saturated rings. The summed E-state index contributed by atoms with van der Waals surface area (Å²) in [6.07, 6.45) is 1.72. The number of aliphatic hydroxyl groups excluding tert-OH is 1. The molecule has 0 radical (unpaired) electrons. The summed E-state index contributed by atoms with van der Waals surface area (Å²) in [5.41, 5.74) is 3.34. The lowest BCUT2D eigenvalue weighted by atomic mass is 10.2. The second-order valence-corrected chi connectivity index (χ2v) is 12.9. The third-order valence-corrected chi connectivity index (χ3v) is 10.9. The number of pyridine rings is 1. The predicted molar refractivity (Wildman–Crippen MR) is 93.7 cm³/mol. The monoisotopic (exact) mass is 373 g/mol. The van der Waals surface area contributed by atoms with Gasteiger partial charge in [0.15, 0.2) is 0 Å². The van der Waals surface area contributed by atoms with Gasteiger partial charge in [-0.2, -0.15) is 0 Å². The van der Waals surface area contributed by atoms with E-state index in [0.717, 1.165) is 10.0 Å². The van der Waals surface area contributed by atoms with Crippen molar-refractivity contribution in [3.05, 3.63) is 28.0 Å². The Morgan fingerprint density at radius 1 is 1.14 bits per heavy atom. The van der Waals surface area contributed by atoms with Gasteiger partial charge in [0, 0.05) is 16.2 Å². The van der Waals surface area contributed by atoms with Crippen molar-refractivity contribution < 1.29 is 9.53 Å². The molecule has 0 saturated carbocycles. The molecule has 120 valence electrons. The van der Waals surface area contributed by atoms with E-state index >= 15 is 0 Å². The fourth-order valence-corrected chi connectivity index (χ4v) is 9.26. The largest absolute Gasteiger partial charge is 0.412 e. The van der Waals surface area contributed by atoms with Crippen LogP contribution in [0.5, 0.6) is 0 Å². The van der Waals surface area contributed by atoms with Crippen LogP contribution >= 0.6 is 15.9 Å². The van der Waals surface area contributed by atoms with Crippen LogP contribution in [0.1, 0.15) is 52.8 Å². The summed E-state index contributed by atoms with van der Waals surface area (Å²) in [7, 11) is -1.89. The van der Waals surface area contributed by atoms with Gasteiger partial charge in [-0.25, -0.2) is 0 Å². The van der Waals surface area contributed by atoms with Crippen LogP contribution in [0.25, 0.3) is 0 Å². The number of rotatable bonds is 7. The number of halogens is 1. The third kappa shape index (κ3) is 4.15. The SMILES string of the molecule is CC(C)[Si](OCc1cc(Br)cnc1CO)(C(C)C)C(C)C. The van der Waals surface area contributed by atoms with Gasteiger partial charge < -0.3 is 9.53 Å². The highest BCUT2D eigenvalue weighted by atomic mass is 79.9. The van der Waals surface area contributed by atoms with Gasteiger partial charge in [-0.1, -0.05) is 41.5 Å². The van der Waals surface area contributed by atoms with Gasteiger partial charge in [-0.05, 0) is 38.6 Å². The van der Waals surface area contributed by atoms with Gasteiger partial charge in [-0.3, -0.25) is 4.98 Å². The summed E-state index contributed by atoms with van der Waals surface area (Å²) in [6, 6.07) is 2.00. The van der Waals surface area contributed by atoms with Gasteiger partial charge in [0.2, 0.25) is 8.32 Å². The zero-order valence-electron chi connectivity index (χ0n) is 14.0. The summed E-state index contributed by atoms with van der Waals surface area (Å²) < 4.78 is 7.49. The quantitative estimate of drug-likeness (QED) is 0.681. The Kier molecular flexibility index (Phi) is 7.04. The van der Waals surface area contributed by atoms with Crippen molar-refractivity contribution in [3.63, 3.8) is 0 Å². The molecule has 0 aromatic carbocycles. The maximum absolute atomic E-state index is 9.44. The second-order valence-electron chi connectivity index (χ2n) is 6.52. The van der Waals surface area contributed by atoms with Crippen molar-refractivity contribution in [3.8, 4) is 0 Å². The number of aliphatic hydroxyl groups is 1. The van der Waals surface area contributed by atoms with Crippen LogP contribution in [0.15, 0.2) is 16.7 Å². The molecule has 0 amide bonds. The van der Waals surface area contributed by atoms with Crippen molar-refractivity contribution in [2.75, 3.05) is 0 Å². The normalized spacial score (nSPS) is 12.7. The maximum Gasteiger partial charge on any atom is 0.200 e. The van der Waals surface area contributed by atoms with E-state index in [1.165, 1.54) is 0 Å². The Bertz CT molecular complexity index is 442. The number of hydrogen-bond acceptors (Lipinski definition) is 3. The van der Waals surface area contributed by atoms with E-state index in [0.29, 0.717) is 28.9 Å². The molecule has 1 heterocycles. The van der Waals surface area contributed by atoms with Gasteiger partial charge in [0.05, 0.1) is 18.9 Å². The first kappa shape index (κ1) is 18.8. The predicted octanol–water partition coefficient (Wildman–Crippen LogP) is 5.03. The Morgan fingerprint density at radius 2 is 1.67 bits per heavy atom. The Labute approximate surface area is 138 Å². The molecule has 3 nitrogen and oxygen atoms in total. The zero-order chi connectivity index (χ0) is 16.2. The van der Waals surface area contributed by atoms with Gasteiger partial charge in [-0.15, -0.1) is 0 Å². The minimum absolute atomic E-state index is 0.0500. The molecular weight excluding hydrogens is 346 g/mol. The highest BCUT2D eigenvalue weighted by Gasteiger charge is 2.45. The molecule has 0 aliphatic carbocycles. The van der Waals surface area contributed by atoms with Crippen LogP contribution in [0.3, 0.4) is 0 Å². The summed E-state index contributed by atoms with van der Waals surface area (Å²) >= 11 is 3.44. The molecule has 5 heteroatoms. The van der Waals surface area contributed by atoms with Crippen LogP contribution in [-0.4, -0.2) is 18.4 Å². The molecule has 1 rings (SSSR count). The molecule has 0 spiro atoms. The van der Waals surface area contributed by atoms with Gasteiger partial charge in [0.25, 0.3) is 0 Å². The van der Waals surface area contributed by atoms with Crippen LogP contribution in [0, 0.1) is 0 Å². The average molecular weight is 374 g/mol. The summed E-state index contributed by atoms with van der Waals surface area (Å²) in [4.78, 5) is 4.27. The Hall–Kier alpha value is -0.233. The molecule has 0 saturated heterocycles. The van der Waals surface area contributed by atoms with Gasteiger partial charge >= 0.3 is 0 Å². The van der Waals surface area contributed by atoms with Crippen LogP contribution in [-0.2, 0) is 17.6 Å².